The molecule has 4 nitrogen and oxygen atoms in total. The van der Waals surface area contributed by atoms with E-state index in [2.05, 4.69) is 62.8 Å². The molecule has 19 heavy (non-hydrogen) atoms. The molecule has 0 aromatic carbocycles. The van der Waals surface area contributed by atoms with Gasteiger partial charge in [-0.2, -0.15) is 0 Å². The maximum absolute atomic E-state index is 4.71. The molecule has 0 saturated heterocycles. The van der Waals surface area contributed by atoms with Gasteiger partial charge in [0, 0.05) is 31.1 Å². The van der Waals surface area contributed by atoms with E-state index in [0.29, 0.717) is 12.0 Å². The third-order valence-electron chi connectivity index (χ3n) is 3.06. The van der Waals surface area contributed by atoms with Gasteiger partial charge in [0.2, 0.25) is 0 Å². The highest BCUT2D eigenvalue weighted by Crippen LogP contribution is 2.21. The third kappa shape index (κ3) is 4.37. The lowest BCUT2D eigenvalue weighted by atomic mass is 10.2. The zero-order chi connectivity index (χ0) is 14.4. The van der Waals surface area contributed by atoms with Crippen molar-refractivity contribution < 1.29 is 0 Å². The highest BCUT2D eigenvalue weighted by Gasteiger charge is 2.14. The number of rotatable bonds is 7. The Kier molecular flexibility index (Phi) is 6.06. The lowest BCUT2D eigenvalue weighted by Crippen LogP contribution is -2.31. The lowest BCUT2D eigenvalue weighted by Gasteiger charge is -2.27. The monoisotopic (exact) mass is 264 g/mol. The summed E-state index contributed by atoms with van der Waals surface area (Å²) in [5.74, 6) is 3.22. The molecule has 0 atom stereocenters. The second-order valence-electron chi connectivity index (χ2n) is 5.43. The SMILES string of the molecule is CCCNc1cc(N(CC)C(C)C)nc(C(C)C)n1. The van der Waals surface area contributed by atoms with E-state index in [9.17, 15) is 0 Å². The highest BCUT2D eigenvalue weighted by molar-refractivity contribution is 5.50. The number of hydrogen-bond acceptors (Lipinski definition) is 4. The van der Waals surface area contributed by atoms with Crippen LogP contribution in [0.3, 0.4) is 0 Å². The number of hydrogen-bond donors (Lipinski definition) is 1. The molecule has 1 N–H and O–H groups in total. The standard InChI is InChI=1S/C15H28N4/c1-7-9-16-13-10-14(19(8-2)12(5)6)18-15(17-13)11(3)4/h10-12H,7-9H2,1-6H3,(H,16,17,18). The molecular weight excluding hydrogens is 236 g/mol. The highest BCUT2D eigenvalue weighted by atomic mass is 15.2. The van der Waals surface area contributed by atoms with Gasteiger partial charge in [-0.25, -0.2) is 9.97 Å². The fraction of sp³-hybridized carbons (Fsp3) is 0.733. The molecular formula is C15H28N4. The molecule has 4 heteroatoms. The Bertz CT molecular complexity index is 388. The summed E-state index contributed by atoms with van der Waals surface area (Å²) >= 11 is 0. The maximum Gasteiger partial charge on any atom is 0.135 e. The van der Waals surface area contributed by atoms with Gasteiger partial charge in [-0.05, 0) is 27.2 Å². The van der Waals surface area contributed by atoms with Crippen molar-refractivity contribution in [2.24, 2.45) is 0 Å². The Balaban J connectivity index is 3.11. The molecule has 0 saturated carbocycles. The molecule has 1 rings (SSSR count). The van der Waals surface area contributed by atoms with Crippen molar-refractivity contribution in [1.82, 2.24) is 9.97 Å². The van der Waals surface area contributed by atoms with Crippen LogP contribution in [0.4, 0.5) is 11.6 Å². The Labute approximate surface area is 117 Å². The van der Waals surface area contributed by atoms with Gasteiger partial charge in [0.25, 0.3) is 0 Å². The summed E-state index contributed by atoms with van der Waals surface area (Å²) in [4.78, 5) is 11.6. The zero-order valence-electron chi connectivity index (χ0n) is 13.2. The summed E-state index contributed by atoms with van der Waals surface area (Å²) in [7, 11) is 0. The molecule has 0 aliphatic carbocycles. The number of nitrogens with zero attached hydrogens (tertiary/aromatic N) is 3. The van der Waals surface area contributed by atoms with Crippen LogP contribution >= 0.6 is 0 Å². The zero-order valence-corrected chi connectivity index (χ0v) is 13.2. The third-order valence-corrected chi connectivity index (χ3v) is 3.06. The van der Waals surface area contributed by atoms with Gasteiger partial charge in [0.15, 0.2) is 0 Å². The summed E-state index contributed by atoms with van der Waals surface area (Å²) in [6, 6.07) is 2.50. The fourth-order valence-corrected chi connectivity index (χ4v) is 1.99. The first-order chi connectivity index (χ1) is 8.99. The number of anilines is 2. The van der Waals surface area contributed by atoms with Crippen LogP contribution in [0.2, 0.25) is 0 Å². The number of nitrogens with one attached hydrogen (secondary N) is 1. The van der Waals surface area contributed by atoms with E-state index in [1.54, 1.807) is 0 Å². The first-order valence-electron chi connectivity index (χ1n) is 7.39. The number of aromatic nitrogens is 2. The summed E-state index contributed by atoms with van der Waals surface area (Å²) in [6.45, 7) is 14.9. The van der Waals surface area contributed by atoms with Gasteiger partial charge in [-0.3, -0.25) is 0 Å². The van der Waals surface area contributed by atoms with Crippen LogP contribution in [0.15, 0.2) is 6.07 Å². The Morgan fingerprint density at radius 2 is 1.84 bits per heavy atom. The molecule has 1 heterocycles. The van der Waals surface area contributed by atoms with E-state index in [-0.39, 0.29) is 0 Å². The molecule has 0 unspecified atom stereocenters. The predicted molar refractivity (Wildman–Crippen MR) is 83.1 cm³/mol. The van der Waals surface area contributed by atoms with E-state index in [0.717, 1.165) is 37.0 Å². The van der Waals surface area contributed by atoms with Gasteiger partial charge in [-0.1, -0.05) is 20.8 Å². The lowest BCUT2D eigenvalue weighted by molar-refractivity contribution is 0.680. The Morgan fingerprint density at radius 3 is 2.32 bits per heavy atom. The Morgan fingerprint density at radius 1 is 1.16 bits per heavy atom. The van der Waals surface area contributed by atoms with Gasteiger partial charge in [0.1, 0.15) is 17.5 Å². The van der Waals surface area contributed by atoms with Crippen LogP contribution in [0, 0.1) is 0 Å². The van der Waals surface area contributed by atoms with Crippen molar-refractivity contribution in [3.05, 3.63) is 11.9 Å². The van der Waals surface area contributed by atoms with E-state index in [4.69, 9.17) is 4.98 Å². The maximum atomic E-state index is 4.71. The molecule has 0 fully saturated rings. The first kappa shape index (κ1) is 15.7. The van der Waals surface area contributed by atoms with Crippen molar-refractivity contribution in [2.45, 2.75) is 59.9 Å². The molecule has 0 spiro atoms. The van der Waals surface area contributed by atoms with Crippen molar-refractivity contribution in [1.29, 1.82) is 0 Å². The van der Waals surface area contributed by atoms with Gasteiger partial charge in [-0.15, -0.1) is 0 Å². The van der Waals surface area contributed by atoms with E-state index >= 15 is 0 Å². The summed E-state index contributed by atoms with van der Waals surface area (Å²) in [6.07, 6.45) is 1.10. The second kappa shape index (κ2) is 7.31. The Hall–Kier alpha value is -1.32. The molecule has 0 aliphatic heterocycles. The molecule has 108 valence electrons. The molecule has 0 amide bonds. The van der Waals surface area contributed by atoms with Crippen molar-refractivity contribution in [3.8, 4) is 0 Å². The minimum absolute atomic E-state index is 0.341. The molecule has 1 aromatic rings. The summed E-state index contributed by atoms with van der Waals surface area (Å²) in [5, 5.41) is 3.37. The predicted octanol–water partition coefficient (Wildman–Crippen LogP) is 3.66. The van der Waals surface area contributed by atoms with E-state index < -0.39 is 0 Å². The van der Waals surface area contributed by atoms with E-state index in [1.165, 1.54) is 0 Å². The van der Waals surface area contributed by atoms with Gasteiger partial charge >= 0.3 is 0 Å². The molecule has 0 aliphatic rings. The molecule has 1 aromatic heterocycles. The minimum Gasteiger partial charge on any atom is -0.370 e. The largest absolute Gasteiger partial charge is 0.370 e. The van der Waals surface area contributed by atoms with Crippen molar-refractivity contribution >= 4 is 11.6 Å². The van der Waals surface area contributed by atoms with Crippen LogP contribution in [-0.4, -0.2) is 29.1 Å². The average molecular weight is 264 g/mol. The van der Waals surface area contributed by atoms with Crippen LogP contribution in [-0.2, 0) is 0 Å². The van der Waals surface area contributed by atoms with Crippen molar-refractivity contribution in [3.63, 3.8) is 0 Å². The molecule has 0 radical (unpaired) electrons. The minimum atomic E-state index is 0.341. The van der Waals surface area contributed by atoms with Gasteiger partial charge < -0.3 is 10.2 Å². The van der Waals surface area contributed by atoms with Gasteiger partial charge in [0.05, 0.1) is 0 Å². The summed E-state index contributed by atoms with van der Waals surface area (Å²) < 4.78 is 0. The quantitative estimate of drug-likeness (QED) is 0.816. The smallest absolute Gasteiger partial charge is 0.135 e. The van der Waals surface area contributed by atoms with Crippen LogP contribution in [0.5, 0.6) is 0 Å². The van der Waals surface area contributed by atoms with Crippen molar-refractivity contribution in [2.75, 3.05) is 23.3 Å². The first-order valence-corrected chi connectivity index (χ1v) is 7.39. The second-order valence-corrected chi connectivity index (χ2v) is 5.43. The fourth-order valence-electron chi connectivity index (χ4n) is 1.99. The molecule has 0 bridgehead atoms. The summed E-state index contributed by atoms with van der Waals surface area (Å²) in [5.41, 5.74) is 0. The van der Waals surface area contributed by atoms with Crippen LogP contribution in [0.25, 0.3) is 0 Å². The normalized spacial score (nSPS) is 11.2. The van der Waals surface area contributed by atoms with E-state index in [1.807, 2.05) is 0 Å². The topological polar surface area (TPSA) is 41.0 Å². The van der Waals surface area contributed by atoms with Crippen LogP contribution < -0.4 is 10.2 Å². The van der Waals surface area contributed by atoms with Crippen LogP contribution in [0.1, 0.15) is 59.7 Å². The average Bonchev–Trinajstić information content (AvgIpc) is 2.36.